The number of benzene rings is 2. The van der Waals surface area contributed by atoms with E-state index < -0.39 is 21.7 Å². The zero-order chi connectivity index (χ0) is 20.9. The third-order valence-electron chi connectivity index (χ3n) is 4.15. The largest absolute Gasteiger partial charge is 0.321 e. The van der Waals surface area contributed by atoms with Gasteiger partial charge in [-0.2, -0.15) is 13.1 Å². The van der Waals surface area contributed by atoms with Gasteiger partial charge in [0.25, 0.3) is 11.7 Å². The van der Waals surface area contributed by atoms with Crippen LogP contribution < -0.4 is 5.32 Å². The number of nitrogens with zero attached hydrogens (tertiary/aromatic N) is 1. The van der Waals surface area contributed by atoms with Crippen molar-refractivity contribution < 1.29 is 22.0 Å². The molecule has 0 unspecified atom stereocenters. The minimum atomic E-state index is -3.72. The fourth-order valence-electron chi connectivity index (χ4n) is 2.68. The number of thioether (sulfide) groups is 1. The summed E-state index contributed by atoms with van der Waals surface area (Å²) in [6, 6.07) is 10.6. The van der Waals surface area contributed by atoms with Gasteiger partial charge >= 0.3 is 0 Å². The van der Waals surface area contributed by atoms with E-state index in [9.17, 15) is 22.0 Å². The molecule has 9 heteroatoms. The molecular weight excluding hydrogens is 406 g/mol. The van der Waals surface area contributed by atoms with Crippen LogP contribution in [-0.2, 0) is 10.0 Å². The molecule has 0 aliphatic heterocycles. The van der Waals surface area contributed by atoms with Crippen molar-refractivity contribution in [1.82, 2.24) is 4.31 Å². The van der Waals surface area contributed by atoms with Crippen LogP contribution >= 0.6 is 11.8 Å². The molecule has 0 heterocycles. The van der Waals surface area contributed by atoms with Gasteiger partial charge in [-0.15, -0.1) is 0 Å². The van der Waals surface area contributed by atoms with Gasteiger partial charge in [0.05, 0.1) is 10.6 Å². The molecule has 152 valence electrons. The van der Waals surface area contributed by atoms with E-state index >= 15 is 0 Å². The molecule has 5 nitrogen and oxygen atoms in total. The fourth-order valence-corrected chi connectivity index (χ4v) is 4.76. The number of anilines is 1. The van der Waals surface area contributed by atoms with Crippen LogP contribution in [0.2, 0.25) is 0 Å². The van der Waals surface area contributed by atoms with Crippen LogP contribution in [0.25, 0.3) is 0 Å². The first-order valence-electron chi connectivity index (χ1n) is 8.66. The Balaban J connectivity index is 2.37. The molecule has 0 aliphatic rings. The maximum atomic E-state index is 12.7. The molecule has 0 spiro atoms. The summed E-state index contributed by atoms with van der Waals surface area (Å²) in [7, 11) is -3.72. The number of amides is 1. The lowest BCUT2D eigenvalue weighted by molar-refractivity contribution is 0.102. The quantitative estimate of drug-likeness (QED) is 0.625. The molecule has 0 radical (unpaired) electrons. The van der Waals surface area contributed by atoms with Crippen molar-refractivity contribution in [2.45, 2.75) is 36.3 Å². The first-order chi connectivity index (χ1) is 13.2. The van der Waals surface area contributed by atoms with Gasteiger partial charge in [-0.1, -0.05) is 43.8 Å². The van der Waals surface area contributed by atoms with Gasteiger partial charge in [0.15, 0.2) is 0 Å². The van der Waals surface area contributed by atoms with E-state index in [1.807, 2.05) is 0 Å². The van der Waals surface area contributed by atoms with E-state index in [1.165, 1.54) is 28.6 Å². The summed E-state index contributed by atoms with van der Waals surface area (Å²) in [4.78, 5) is 13.0. The Bertz CT molecular complexity index is 946. The number of carbonyl (C=O) groups is 1. The predicted molar refractivity (Wildman–Crippen MR) is 108 cm³/mol. The molecule has 0 saturated carbocycles. The van der Waals surface area contributed by atoms with Gasteiger partial charge in [-0.3, -0.25) is 4.79 Å². The first-order valence-corrected chi connectivity index (χ1v) is 11.0. The number of halogens is 2. The molecule has 0 fully saturated rings. The number of rotatable bonds is 8. The third-order valence-corrected chi connectivity index (χ3v) is 6.98. The van der Waals surface area contributed by atoms with Crippen molar-refractivity contribution >= 4 is 33.4 Å². The van der Waals surface area contributed by atoms with Crippen molar-refractivity contribution in [3.63, 3.8) is 0 Å². The Morgan fingerprint density at radius 3 is 2.39 bits per heavy atom. The average molecular weight is 429 g/mol. The molecule has 2 rings (SSSR count). The highest BCUT2D eigenvalue weighted by molar-refractivity contribution is 7.99. The monoisotopic (exact) mass is 428 g/mol. The van der Waals surface area contributed by atoms with E-state index in [-0.39, 0.29) is 21.0 Å². The molecule has 1 N–H and O–H groups in total. The van der Waals surface area contributed by atoms with Gasteiger partial charge in [0.1, 0.15) is 0 Å². The SMILES string of the molecule is CCN(CC)S(=O)(=O)c1ccc(C)c(C(=O)Nc2ccccc2SC(F)F)c1. The Labute approximate surface area is 168 Å². The molecule has 2 aromatic rings. The van der Waals surface area contributed by atoms with E-state index in [2.05, 4.69) is 5.32 Å². The van der Waals surface area contributed by atoms with Crippen molar-refractivity contribution in [1.29, 1.82) is 0 Å². The topological polar surface area (TPSA) is 66.5 Å². The van der Waals surface area contributed by atoms with E-state index in [4.69, 9.17) is 0 Å². The molecule has 0 bridgehead atoms. The van der Waals surface area contributed by atoms with Crippen LogP contribution in [0, 0.1) is 6.92 Å². The number of hydrogen-bond donors (Lipinski definition) is 1. The second kappa shape index (κ2) is 9.49. The van der Waals surface area contributed by atoms with Crippen LogP contribution in [0.15, 0.2) is 52.3 Å². The number of nitrogens with one attached hydrogen (secondary N) is 1. The van der Waals surface area contributed by atoms with Crippen molar-refractivity contribution in [2.75, 3.05) is 18.4 Å². The van der Waals surface area contributed by atoms with Crippen LogP contribution in [0.5, 0.6) is 0 Å². The summed E-state index contributed by atoms with van der Waals surface area (Å²) in [5, 5.41) is 2.61. The summed E-state index contributed by atoms with van der Waals surface area (Å²) < 4.78 is 52.2. The molecule has 2 aromatic carbocycles. The number of carbonyl (C=O) groups excluding carboxylic acids is 1. The predicted octanol–water partition coefficient (Wildman–Crippen LogP) is 4.59. The minimum Gasteiger partial charge on any atom is -0.321 e. The normalized spacial score (nSPS) is 11.8. The van der Waals surface area contributed by atoms with Gasteiger partial charge in [-0.05, 0) is 36.8 Å². The minimum absolute atomic E-state index is 0.0159. The number of hydrogen-bond acceptors (Lipinski definition) is 4. The van der Waals surface area contributed by atoms with Crippen molar-refractivity contribution in [2.24, 2.45) is 0 Å². The number of alkyl halides is 2. The lowest BCUT2D eigenvalue weighted by Gasteiger charge is -2.19. The van der Waals surface area contributed by atoms with Crippen LogP contribution in [-0.4, -0.2) is 37.5 Å². The Morgan fingerprint density at radius 2 is 1.79 bits per heavy atom. The molecule has 28 heavy (non-hydrogen) atoms. The van der Waals surface area contributed by atoms with Crippen LogP contribution in [0.4, 0.5) is 14.5 Å². The highest BCUT2D eigenvalue weighted by Gasteiger charge is 2.23. The Hall–Kier alpha value is -1.97. The van der Waals surface area contributed by atoms with E-state index in [0.717, 1.165) is 0 Å². The molecule has 0 saturated heterocycles. The molecule has 0 aromatic heterocycles. The van der Waals surface area contributed by atoms with E-state index in [0.29, 0.717) is 30.4 Å². The Morgan fingerprint density at radius 1 is 1.14 bits per heavy atom. The lowest BCUT2D eigenvalue weighted by Crippen LogP contribution is -2.30. The fraction of sp³-hybridized carbons (Fsp3) is 0.316. The van der Waals surface area contributed by atoms with E-state index in [1.54, 1.807) is 39.0 Å². The number of aryl methyl sites for hydroxylation is 1. The highest BCUT2D eigenvalue weighted by Crippen LogP contribution is 2.32. The molecule has 0 atom stereocenters. The highest BCUT2D eigenvalue weighted by atomic mass is 32.2. The standard InChI is InChI=1S/C19H22F2N2O3S2/c1-4-23(5-2)28(25,26)14-11-10-13(3)15(12-14)18(24)22-16-8-6-7-9-17(16)27-19(20)21/h6-12,19H,4-5H2,1-3H3,(H,22,24). The van der Waals surface area contributed by atoms with Crippen LogP contribution in [0.1, 0.15) is 29.8 Å². The summed E-state index contributed by atoms with van der Waals surface area (Å²) in [5.74, 6) is -3.18. The summed E-state index contributed by atoms with van der Waals surface area (Å²) in [5.41, 5.74) is 0.995. The zero-order valence-electron chi connectivity index (χ0n) is 15.8. The lowest BCUT2D eigenvalue weighted by atomic mass is 10.1. The van der Waals surface area contributed by atoms with Gasteiger partial charge in [0, 0.05) is 23.5 Å². The van der Waals surface area contributed by atoms with Crippen LogP contribution in [0.3, 0.4) is 0 Å². The average Bonchev–Trinajstić information content (AvgIpc) is 2.63. The third kappa shape index (κ3) is 5.09. The summed E-state index contributed by atoms with van der Waals surface area (Å²) in [6.45, 7) is 5.78. The molecular formula is C19H22F2N2O3S2. The summed E-state index contributed by atoms with van der Waals surface area (Å²) in [6.07, 6.45) is 0. The Kier molecular flexibility index (Phi) is 7.56. The maximum absolute atomic E-state index is 12.7. The van der Waals surface area contributed by atoms with Gasteiger partial charge < -0.3 is 5.32 Å². The zero-order valence-corrected chi connectivity index (χ0v) is 17.4. The summed E-state index contributed by atoms with van der Waals surface area (Å²) >= 11 is 0.333. The van der Waals surface area contributed by atoms with Gasteiger partial charge in [0.2, 0.25) is 10.0 Å². The smallest absolute Gasteiger partial charge is 0.288 e. The number of sulfonamides is 1. The van der Waals surface area contributed by atoms with Crippen molar-refractivity contribution in [3.05, 3.63) is 53.6 Å². The first kappa shape index (κ1) is 22.3. The molecule has 0 aliphatic carbocycles. The maximum Gasteiger partial charge on any atom is 0.288 e. The van der Waals surface area contributed by atoms with Crippen molar-refractivity contribution in [3.8, 4) is 0 Å². The second-order valence-corrected chi connectivity index (χ2v) is 8.86. The van der Waals surface area contributed by atoms with Gasteiger partial charge in [-0.25, -0.2) is 8.42 Å². The molecule has 1 amide bonds. The number of para-hydroxylation sites is 1. The second-order valence-electron chi connectivity index (χ2n) is 5.89.